The molecule has 2 rings (SSSR count). The van der Waals surface area contributed by atoms with Crippen molar-refractivity contribution in [1.29, 1.82) is 0 Å². The van der Waals surface area contributed by atoms with Crippen LogP contribution in [0.2, 0.25) is 0 Å². The molecule has 106 valence electrons. The van der Waals surface area contributed by atoms with Gasteiger partial charge in [-0.05, 0) is 23.8 Å². The summed E-state index contributed by atoms with van der Waals surface area (Å²) in [6.45, 7) is 4.87. The molecular weight excluding hydrogens is 260 g/mol. The fraction of sp³-hybridized carbons (Fsp3) is 0.533. The first-order valence-electron chi connectivity index (χ1n) is 6.60. The van der Waals surface area contributed by atoms with Gasteiger partial charge in [0.2, 0.25) is 5.91 Å². The van der Waals surface area contributed by atoms with Gasteiger partial charge in [0.05, 0.1) is 5.92 Å². The van der Waals surface area contributed by atoms with Crippen molar-refractivity contribution in [2.75, 3.05) is 6.54 Å². The van der Waals surface area contributed by atoms with Crippen molar-refractivity contribution in [2.24, 2.45) is 17.1 Å². The first-order chi connectivity index (χ1) is 8.52. The van der Waals surface area contributed by atoms with E-state index in [4.69, 9.17) is 5.73 Å². The van der Waals surface area contributed by atoms with Gasteiger partial charge in [-0.2, -0.15) is 0 Å². The van der Waals surface area contributed by atoms with Crippen molar-refractivity contribution in [3.63, 3.8) is 0 Å². The van der Waals surface area contributed by atoms with Gasteiger partial charge in [-0.25, -0.2) is 0 Å². The second-order valence-corrected chi connectivity index (χ2v) is 5.75. The first kappa shape index (κ1) is 16.0. The predicted molar refractivity (Wildman–Crippen MR) is 80.1 cm³/mol. The Hall–Kier alpha value is -1.06. The van der Waals surface area contributed by atoms with Gasteiger partial charge in [-0.3, -0.25) is 4.79 Å². The number of hydrogen-bond donors (Lipinski definition) is 2. The van der Waals surface area contributed by atoms with Crippen molar-refractivity contribution in [1.82, 2.24) is 5.32 Å². The Morgan fingerprint density at radius 1 is 1.37 bits per heavy atom. The van der Waals surface area contributed by atoms with Crippen LogP contribution in [0.25, 0.3) is 0 Å². The van der Waals surface area contributed by atoms with E-state index in [-0.39, 0.29) is 30.3 Å². The molecule has 0 spiro atoms. The topological polar surface area (TPSA) is 55.1 Å². The van der Waals surface area contributed by atoms with E-state index in [1.807, 2.05) is 37.3 Å². The highest BCUT2D eigenvalue weighted by Crippen LogP contribution is 2.44. The molecule has 1 aliphatic rings. The van der Waals surface area contributed by atoms with Crippen molar-refractivity contribution in [2.45, 2.75) is 32.7 Å². The summed E-state index contributed by atoms with van der Waals surface area (Å²) >= 11 is 0. The largest absolute Gasteiger partial charge is 0.355 e. The highest BCUT2D eigenvalue weighted by Gasteiger charge is 2.37. The second kappa shape index (κ2) is 6.40. The zero-order valence-electron chi connectivity index (χ0n) is 11.6. The summed E-state index contributed by atoms with van der Waals surface area (Å²) in [7, 11) is 0. The van der Waals surface area contributed by atoms with Gasteiger partial charge in [0.1, 0.15) is 0 Å². The molecule has 0 aromatic heterocycles. The lowest BCUT2D eigenvalue weighted by Gasteiger charge is -2.21. The molecule has 0 heterocycles. The zero-order chi connectivity index (χ0) is 13.2. The summed E-state index contributed by atoms with van der Waals surface area (Å²) < 4.78 is 0. The van der Waals surface area contributed by atoms with E-state index in [1.54, 1.807) is 0 Å². The maximum atomic E-state index is 12.0. The molecule has 3 nitrogen and oxygen atoms in total. The predicted octanol–water partition coefficient (Wildman–Crippen LogP) is 2.66. The summed E-state index contributed by atoms with van der Waals surface area (Å²) in [6, 6.07) is 9.55. The Morgan fingerprint density at radius 2 is 1.95 bits per heavy atom. The molecule has 1 aromatic carbocycles. The lowest BCUT2D eigenvalue weighted by Crippen LogP contribution is -2.37. The average molecular weight is 283 g/mol. The van der Waals surface area contributed by atoms with Crippen molar-refractivity contribution >= 4 is 18.3 Å². The minimum absolute atomic E-state index is 0. The van der Waals surface area contributed by atoms with Crippen LogP contribution >= 0.6 is 12.4 Å². The third kappa shape index (κ3) is 4.22. The number of carbonyl (C=O) groups is 1. The van der Waals surface area contributed by atoms with Crippen LogP contribution < -0.4 is 11.1 Å². The molecular formula is C15H23ClN2O. The smallest absolute Gasteiger partial charge is 0.224 e. The third-order valence-corrected chi connectivity index (χ3v) is 3.93. The Labute approximate surface area is 121 Å². The number of hydrogen-bond acceptors (Lipinski definition) is 2. The number of nitrogens with two attached hydrogens (primary N) is 1. The van der Waals surface area contributed by atoms with Gasteiger partial charge in [-0.15, -0.1) is 12.4 Å². The number of rotatable bonds is 5. The molecule has 1 aromatic rings. The molecule has 1 amide bonds. The molecule has 1 fully saturated rings. The monoisotopic (exact) mass is 282 g/mol. The maximum absolute atomic E-state index is 12.0. The zero-order valence-corrected chi connectivity index (χ0v) is 12.4. The van der Waals surface area contributed by atoms with Crippen molar-refractivity contribution in [3.8, 4) is 0 Å². The van der Waals surface area contributed by atoms with Crippen LogP contribution in [0.4, 0.5) is 0 Å². The summed E-state index contributed by atoms with van der Waals surface area (Å²) in [5, 5.41) is 3.02. The quantitative estimate of drug-likeness (QED) is 0.872. The minimum atomic E-state index is -0.238. The fourth-order valence-electron chi connectivity index (χ4n) is 1.98. The standard InChI is InChI=1S/C15H22N2O.ClH/c1-11(13(16)12-6-4-3-5-7-12)14(18)17-10-15(2)8-9-15;/h3-7,11,13H,8-10,16H2,1-2H3,(H,17,18);1H. The Balaban J connectivity index is 0.00000180. The Bertz CT molecular complexity index is 417. The van der Waals surface area contributed by atoms with Gasteiger partial charge in [0.25, 0.3) is 0 Å². The lowest BCUT2D eigenvalue weighted by atomic mass is 9.94. The molecule has 19 heavy (non-hydrogen) atoms. The number of carbonyl (C=O) groups excluding carboxylic acids is 1. The highest BCUT2D eigenvalue weighted by molar-refractivity contribution is 5.85. The van der Waals surface area contributed by atoms with Gasteiger partial charge in [0, 0.05) is 12.6 Å². The van der Waals surface area contributed by atoms with Gasteiger partial charge in [-0.1, -0.05) is 44.2 Å². The molecule has 0 radical (unpaired) electrons. The summed E-state index contributed by atoms with van der Waals surface area (Å²) in [6.07, 6.45) is 2.43. The SMILES string of the molecule is CC(C(=O)NCC1(C)CC1)C(N)c1ccccc1.Cl. The van der Waals surface area contributed by atoms with Crippen LogP contribution in [-0.4, -0.2) is 12.5 Å². The Kier molecular flexibility index (Phi) is 5.39. The van der Waals surface area contributed by atoms with Crippen LogP contribution in [0, 0.1) is 11.3 Å². The van der Waals surface area contributed by atoms with Crippen molar-refractivity contribution in [3.05, 3.63) is 35.9 Å². The Morgan fingerprint density at radius 3 is 2.47 bits per heavy atom. The molecule has 1 aliphatic carbocycles. The highest BCUT2D eigenvalue weighted by atomic mass is 35.5. The van der Waals surface area contributed by atoms with Crippen molar-refractivity contribution < 1.29 is 4.79 Å². The van der Waals surface area contributed by atoms with Gasteiger partial charge < -0.3 is 11.1 Å². The second-order valence-electron chi connectivity index (χ2n) is 5.75. The minimum Gasteiger partial charge on any atom is -0.355 e. The normalized spacial score (nSPS) is 18.9. The lowest BCUT2D eigenvalue weighted by molar-refractivity contribution is -0.125. The summed E-state index contributed by atoms with van der Waals surface area (Å²) in [5.74, 6) is -0.144. The molecule has 1 saturated carbocycles. The van der Waals surface area contributed by atoms with Crippen LogP contribution in [-0.2, 0) is 4.79 Å². The van der Waals surface area contributed by atoms with E-state index >= 15 is 0 Å². The molecule has 0 aliphatic heterocycles. The van der Waals surface area contributed by atoms with E-state index in [0.29, 0.717) is 5.41 Å². The van der Waals surface area contributed by atoms with E-state index in [0.717, 1.165) is 12.1 Å². The summed E-state index contributed by atoms with van der Waals surface area (Å²) in [5.41, 5.74) is 7.48. The van der Waals surface area contributed by atoms with E-state index in [2.05, 4.69) is 12.2 Å². The average Bonchev–Trinajstić information content (AvgIpc) is 3.14. The van der Waals surface area contributed by atoms with Crippen LogP contribution in [0.1, 0.15) is 38.3 Å². The number of amides is 1. The molecule has 4 heteroatoms. The molecule has 0 saturated heterocycles. The van der Waals surface area contributed by atoms with Crippen LogP contribution in [0.15, 0.2) is 30.3 Å². The molecule has 2 atom stereocenters. The number of halogens is 1. The third-order valence-electron chi connectivity index (χ3n) is 3.93. The van der Waals surface area contributed by atoms with Crippen LogP contribution in [0.3, 0.4) is 0 Å². The van der Waals surface area contributed by atoms with Gasteiger partial charge in [0.15, 0.2) is 0 Å². The molecule has 2 unspecified atom stereocenters. The maximum Gasteiger partial charge on any atom is 0.224 e. The van der Waals surface area contributed by atoms with E-state index in [1.165, 1.54) is 12.8 Å². The van der Waals surface area contributed by atoms with Crippen LogP contribution in [0.5, 0.6) is 0 Å². The fourth-order valence-corrected chi connectivity index (χ4v) is 1.98. The number of benzene rings is 1. The van der Waals surface area contributed by atoms with E-state index < -0.39 is 0 Å². The van der Waals surface area contributed by atoms with E-state index in [9.17, 15) is 4.79 Å². The summed E-state index contributed by atoms with van der Waals surface area (Å²) in [4.78, 5) is 12.0. The molecule has 3 N–H and O–H groups in total. The number of nitrogens with one attached hydrogen (secondary N) is 1. The molecule has 0 bridgehead atoms. The van der Waals surface area contributed by atoms with Gasteiger partial charge >= 0.3 is 0 Å². The first-order valence-corrected chi connectivity index (χ1v) is 6.60.